The lowest BCUT2D eigenvalue weighted by Gasteiger charge is -2.33. The molecule has 1 N–H and O–H groups in total. The van der Waals surface area contributed by atoms with E-state index in [4.69, 9.17) is 4.74 Å². The second kappa shape index (κ2) is 8.10. The normalized spacial score (nSPS) is 19.8. The Labute approximate surface area is 145 Å². The van der Waals surface area contributed by atoms with Gasteiger partial charge < -0.3 is 15.0 Å². The second-order valence-electron chi connectivity index (χ2n) is 6.88. The maximum Gasteiger partial charge on any atom is 0.252 e. The fourth-order valence-electron chi connectivity index (χ4n) is 3.83. The maximum absolute atomic E-state index is 12.2. The molecule has 1 saturated heterocycles. The molecule has 132 valence electrons. The molecule has 0 spiro atoms. The Morgan fingerprint density at radius 1 is 1.29 bits per heavy atom. The molecule has 24 heavy (non-hydrogen) atoms. The van der Waals surface area contributed by atoms with E-state index in [9.17, 15) is 4.79 Å². The first kappa shape index (κ1) is 17.4. The Bertz CT molecular complexity index is 570. The monoisotopic (exact) mass is 331 g/mol. The molecule has 1 aromatic carbocycles. The fraction of sp³-hybridized carbons (Fsp3) is 0.632. The number of rotatable bonds is 5. The van der Waals surface area contributed by atoms with Gasteiger partial charge in [0.05, 0.1) is 0 Å². The highest BCUT2D eigenvalue weighted by molar-refractivity contribution is 5.95. The summed E-state index contributed by atoms with van der Waals surface area (Å²) >= 11 is 0. The molecule has 0 saturated carbocycles. The molecule has 1 atom stereocenters. The van der Waals surface area contributed by atoms with Gasteiger partial charge in [0.25, 0.3) is 5.91 Å². The molecule has 5 heteroatoms. The van der Waals surface area contributed by atoms with Gasteiger partial charge in [0, 0.05) is 51.6 Å². The zero-order valence-electron chi connectivity index (χ0n) is 14.9. The minimum Gasteiger partial charge on any atom is -0.375 e. The van der Waals surface area contributed by atoms with Crippen LogP contribution < -0.4 is 10.2 Å². The van der Waals surface area contributed by atoms with E-state index in [0.717, 1.165) is 57.7 Å². The number of fused-ring (bicyclic) bond motifs is 1. The summed E-state index contributed by atoms with van der Waals surface area (Å²) in [4.78, 5) is 16.7. The van der Waals surface area contributed by atoms with E-state index >= 15 is 0 Å². The predicted molar refractivity (Wildman–Crippen MR) is 96.6 cm³/mol. The van der Waals surface area contributed by atoms with E-state index in [1.54, 1.807) is 7.11 Å². The number of carbonyl (C=O) groups is 1. The van der Waals surface area contributed by atoms with E-state index < -0.39 is 0 Å². The Morgan fingerprint density at radius 2 is 2.08 bits per heavy atom. The van der Waals surface area contributed by atoms with Crippen LogP contribution in [-0.4, -0.2) is 63.3 Å². The van der Waals surface area contributed by atoms with Crippen LogP contribution >= 0.6 is 0 Å². The molecular formula is C19H29N3O2. The number of aryl methyl sites for hydroxylation is 1. The number of hydrogen-bond acceptors (Lipinski definition) is 4. The lowest BCUT2D eigenvalue weighted by molar-refractivity contribution is -0.122. The van der Waals surface area contributed by atoms with Crippen molar-refractivity contribution in [3.05, 3.63) is 29.3 Å². The van der Waals surface area contributed by atoms with Gasteiger partial charge in [-0.3, -0.25) is 9.69 Å². The van der Waals surface area contributed by atoms with E-state index in [2.05, 4.69) is 35.3 Å². The Kier molecular flexibility index (Phi) is 5.87. The zero-order chi connectivity index (χ0) is 16.9. The number of nitrogens with one attached hydrogen (secondary N) is 1. The number of anilines is 1. The zero-order valence-corrected chi connectivity index (χ0v) is 14.9. The van der Waals surface area contributed by atoms with Crippen LogP contribution in [-0.2, 0) is 22.4 Å². The molecule has 1 aromatic rings. The number of nitrogens with zero attached hydrogens (tertiary/aromatic N) is 2. The highest BCUT2D eigenvalue weighted by atomic mass is 16.5. The van der Waals surface area contributed by atoms with E-state index in [0.29, 0.717) is 6.04 Å². The van der Waals surface area contributed by atoms with Crippen LogP contribution in [0.1, 0.15) is 24.5 Å². The van der Waals surface area contributed by atoms with E-state index in [1.165, 1.54) is 11.1 Å². The first-order chi connectivity index (χ1) is 11.7. The van der Waals surface area contributed by atoms with Crippen molar-refractivity contribution in [3.8, 4) is 0 Å². The summed E-state index contributed by atoms with van der Waals surface area (Å²) in [5.41, 5.74) is 3.75. The first-order valence-corrected chi connectivity index (χ1v) is 9.05. The molecule has 0 bridgehead atoms. The van der Waals surface area contributed by atoms with Crippen LogP contribution in [0, 0.1) is 0 Å². The van der Waals surface area contributed by atoms with Crippen LogP contribution in [0.15, 0.2) is 18.2 Å². The summed E-state index contributed by atoms with van der Waals surface area (Å²) in [7, 11) is 1.57. The fourth-order valence-corrected chi connectivity index (χ4v) is 3.83. The predicted octanol–water partition coefficient (Wildman–Crippen LogP) is 1.45. The quantitative estimate of drug-likeness (QED) is 0.887. The molecule has 2 aliphatic heterocycles. The molecular weight excluding hydrogens is 302 g/mol. The summed E-state index contributed by atoms with van der Waals surface area (Å²) in [5, 5.41) is 3.41. The standard InChI is InChI=1S/C19H29N3O2/c1-15(21-10-7-20-8-11-21)12-16-5-6-18-17(13-16)4-3-9-22(18)19(23)14-24-2/h5-6,13,15,20H,3-4,7-12,14H2,1-2H3. The molecule has 1 fully saturated rings. The molecule has 5 nitrogen and oxygen atoms in total. The van der Waals surface area contributed by atoms with Gasteiger partial charge in [-0.15, -0.1) is 0 Å². The lowest BCUT2D eigenvalue weighted by Crippen LogP contribution is -2.48. The summed E-state index contributed by atoms with van der Waals surface area (Å²) in [6.45, 7) is 7.71. The third kappa shape index (κ3) is 3.97. The van der Waals surface area contributed by atoms with Gasteiger partial charge in [0.2, 0.25) is 0 Å². The maximum atomic E-state index is 12.2. The molecule has 1 amide bonds. The number of amides is 1. The highest BCUT2D eigenvalue weighted by Crippen LogP contribution is 2.29. The average Bonchev–Trinajstić information content (AvgIpc) is 2.62. The van der Waals surface area contributed by atoms with Gasteiger partial charge in [-0.1, -0.05) is 12.1 Å². The lowest BCUT2D eigenvalue weighted by atomic mass is 9.96. The van der Waals surface area contributed by atoms with Gasteiger partial charge in [-0.2, -0.15) is 0 Å². The van der Waals surface area contributed by atoms with Crippen LogP contribution in [0.4, 0.5) is 5.69 Å². The molecule has 2 heterocycles. The Balaban J connectivity index is 1.70. The SMILES string of the molecule is COCC(=O)N1CCCc2cc(CC(C)N3CCNCC3)ccc21. The van der Waals surface area contributed by atoms with Crippen molar-refractivity contribution in [1.82, 2.24) is 10.2 Å². The third-order valence-corrected chi connectivity index (χ3v) is 5.14. The van der Waals surface area contributed by atoms with Gasteiger partial charge in [-0.05, 0) is 43.4 Å². The van der Waals surface area contributed by atoms with Gasteiger partial charge in [-0.25, -0.2) is 0 Å². The largest absolute Gasteiger partial charge is 0.375 e. The van der Waals surface area contributed by atoms with Gasteiger partial charge >= 0.3 is 0 Å². The van der Waals surface area contributed by atoms with Crippen molar-refractivity contribution in [2.45, 2.75) is 32.2 Å². The smallest absolute Gasteiger partial charge is 0.252 e. The third-order valence-electron chi connectivity index (χ3n) is 5.14. The summed E-state index contributed by atoms with van der Waals surface area (Å²) in [6.07, 6.45) is 3.15. The molecule has 2 aliphatic rings. The van der Waals surface area contributed by atoms with Crippen molar-refractivity contribution < 1.29 is 9.53 Å². The number of hydrogen-bond donors (Lipinski definition) is 1. The molecule has 0 aliphatic carbocycles. The average molecular weight is 331 g/mol. The number of benzene rings is 1. The van der Waals surface area contributed by atoms with Crippen molar-refractivity contribution in [3.63, 3.8) is 0 Å². The number of ether oxygens (including phenoxy) is 1. The summed E-state index contributed by atoms with van der Waals surface area (Å²) < 4.78 is 5.01. The molecule has 0 radical (unpaired) electrons. The van der Waals surface area contributed by atoms with Crippen LogP contribution in [0.3, 0.4) is 0 Å². The highest BCUT2D eigenvalue weighted by Gasteiger charge is 2.23. The number of carbonyl (C=O) groups excluding carboxylic acids is 1. The van der Waals surface area contributed by atoms with Crippen molar-refractivity contribution >= 4 is 11.6 Å². The topological polar surface area (TPSA) is 44.8 Å². The van der Waals surface area contributed by atoms with E-state index in [-0.39, 0.29) is 12.5 Å². The number of piperazine rings is 1. The Morgan fingerprint density at radius 3 is 2.83 bits per heavy atom. The van der Waals surface area contributed by atoms with Crippen LogP contribution in [0.5, 0.6) is 0 Å². The summed E-state index contributed by atoms with van der Waals surface area (Å²) in [6, 6.07) is 7.18. The van der Waals surface area contributed by atoms with Gasteiger partial charge in [0.1, 0.15) is 6.61 Å². The van der Waals surface area contributed by atoms with Gasteiger partial charge in [0.15, 0.2) is 0 Å². The minimum atomic E-state index is 0.0559. The summed E-state index contributed by atoms with van der Waals surface area (Å²) in [5.74, 6) is 0.0559. The van der Waals surface area contributed by atoms with Crippen LogP contribution in [0.2, 0.25) is 0 Å². The molecule has 3 rings (SSSR count). The Hall–Kier alpha value is -1.43. The minimum absolute atomic E-state index is 0.0559. The molecule has 1 unspecified atom stereocenters. The van der Waals surface area contributed by atoms with Crippen molar-refractivity contribution in [2.75, 3.05) is 51.3 Å². The first-order valence-electron chi connectivity index (χ1n) is 9.05. The van der Waals surface area contributed by atoms with E-state index in [1.807, 2.05) is 4.90 Å². The molecule has 0 aromatic heterocycles. The number of methoxy groups -OCH3 is 1. The van der Waals surface area contributed by atoms with Crippen molar-refractivity contribution in [2.24, 2.45) is 0 Å². The van der Waals surface area contributed by atoms with Crippen LogP contribution in [0.25, 0.3) is 0 Å². The van der Waals surface area contributed by atoms with Crippen molar-refractivity contribution in [1.29, 1.82) is 0 Å². The second-order valence-corrected chi connectivity index (χ2v) is 6.88.